The Balaban J connectivity index is 1.58. The van der Waals surface area contributed by atoms with Gasteiger partial charge in [-0.25, -0.2) is 4.79 Å². The maximum absolute atomic E-state index is 11.9. The Kier molecular flexibility index (Phi) is 6.80. The fraction of sp³-hybridized carbons (Fsp3) is 0.200. The lowest BCUT2D eigenvalue weighted by molar-refractivity contribution is -0.147. The zero-order chi connectivity index (χ0) is 20.6. The van der Waals surface area contributed by atoms with Crippen molar-refractivity contribution in [3.05, 3.63) is 64.9 Å². The second kappa shape index (κ2) is 9.70. The molecule has 3 aromatic rings. The number of benzene rings is 2. The Morgan fingerprint density at radius 1 is 1.10 bits per heavy atom. The Bertz CT molecular complexity index is 982. The standard InChI is InChI=1S/C20H20ClN5O3/c1-2-13-5-3-4-6-16(13)23-20-25-17(24-19(22)26-20)11-29-18(27)12-28-15-9-7-14(21)8-10-15/h3-10H,2,11-12H2,1H3,(H3,22,23,24,25,26). The molecule has 8 nitrogen and oxygen atoms in total. The summed E-state index contributed by atoms with van der Waals surface area (Å²) >= 11 is 5.80. The highest BCUT2D eigenvalue weighted by Crippen LogP contribution is 2.19. The third-order valence-electron chi connectivity index (χ3n) is 3.88. The number of nitrogen functional groups attached to an aromatic ring is 1. The summed E-state index contributed by atoms with van der Waals surface area (Å²) in [6.07, 6.45) is 0.849. The second-order valence-electron chi connectivity index (χ2n) is 5.97. The van der Waals surface area contributed by atoms with Crippen LogP contribution in [0.25, 0.3) is 0 Å². The van der Waals surface area contributed by atoms with Gasteiger partial charge < -0.3 is 20.5 Å². The van der Waals surface area contributed by atoms with Crippen LogP contribution in [0.2, 0.25) is 5.02 Å². The van der Waals surface area contributed by atoms with Crippen molar-refractivity contribution in [3.63, 3.8) is 0 Å². The van der Waals surface area contributed by atoms with Crippen molar-refractivity contribution < 1.29 is 14.3 Å². The summed E-state index contributed by atoms with van der Waals surface area (Å²) in [4.78, 5) is 24.3. The number of anilines is 3. The lowest BCUT2D eigenvalue weighted by atomic mass is 10.1. The minimum absolute atomic E-state index is 0.0277. The smallest absolute Gasteiger partial charge is 0.344 e. The van der Waals surface area contributed by atoms with Gasteiger partial charge >= 0.3 is 5.97 Å². The number of nitrogens with zero attached hydrogens (tertiary/aromatic N) is 3. The van der Waals surface area contributed by atoms with Crippen LogP contribution >= 0.6 is 11.6 Å². The minimum Gasteiger partial charge on any atom is -0.482 e. The summed E-state index contributed by atoms with van der Waals surface area (Å²) in [5.74, 6) is 0.484. The zero-order valence-corrected chi connectivity index (χ0v) is 16.5. The molecule has 29 heavy (non-hydrogen) atoms. The molecule has 0 radical (unpaired) electrons. The fourth-order valence-electron chi connectivity index (χ4n) is 2.49. The van der Waals surface area contributed by atoms with Crippen LogP contribution in [0.5, 0.6) is 5.75 Å². The fourth-order valence-corrected chi connectivity index (χ4v) is 2.62. The van der Waals surface area contributed by atoms with Crippen molar-refractivity contribution in [2.24, 2.45) is 0 Å². The highest BCUT2D eigenvalue weighted by atomic mass is 35.5. The SMILES string of the molecule is CCc1ccccc1Nc1nc(N)nc(COC(=O)COc2ccc(Cl)cc2)n1. The van der Waals surface area contributed by atoms with E-state index >= 15 is 0 Å². The molecule has 2 aromatic carbocycles. The molecule has 1 heterocycles. The van der Waals surface area contributed by atoms with Crippen molar-refractivity contribution in [2.75, 3.05) is 17.7 Å². The van der Waals surface area contributed by atoms with Gasteiger partial charge in [-0.1, -0.05) is 36.7 Å². The number of hydrogen-bond donors (Lipinski definition) is 2. The Morgan fingerprint density at radius 3 is 2.62 bits per heavy atom. The minimum atomic E-state index is -0.565. The Hall–Kier alpha value is -3.39. The normalized spacial score (nSPS) is 10.4. The van der Waals surface area contributed by atoms with Gasteiger partial charge in [-0.3, -0.25) is 0 Å². The summed E-state index contributed by atoms with van der Waals surface area (Å²) in [6.45, 7) is 1.65. The number of rotatable bonds is 8. The van der Waals surface area contributed by atoms with Gasteiger partial charge in [0.2, 0.25) is 11.9 Å². The molecule has 150 valence electrons. The molecule has 0 saturated heterocycles. The zero-order valence-electron chi connectivity index (χ0n) is 15.8. The number of hydrogen-bond acceptors (Lipinski definition) is 8. The van der Waals surface area contributed by atoms with E-state index in [1.807, 2.05) is 24.3 Å². The van der Waals surface area contributed by atoms with E-state index in [0.29, 0.717) is 10.8 Å². The highest BCUT2D eigenvalue weighted by molar-refractivity contribution is 6.30. The predicted molar refractivity (Wildman–Crippen MR) is 110 cm³/mol. The van der Waals surface area contributed by atoms with Gasteiger partial charge in [-0.15, -0.1) is 0 Å². The summed E-state index contributed by atoms with van der Waals surface area (Å²) < 4.78 is 10.5. The van der Waals surface area contributed by atoms with E-state index in [1.54, 1.807) is 24.3 Å². The molecule has 9 heteroatoms. The van der Waals surface area contributed by atoms with Gasteiger partial charge in [0.25, 0.3) is 0 Å². The van der Waals surface area contributed by atoms with Crippen LogP contribution in [0.1, 0.15) is 18.3 Å². The first-order valence-electron chi connectivity index (χ1n) is 8.93. The molecule has 0 saturated carbocycles. The molecule has 0 unspecified atom stereocenters. The van der Waals surface area contributed by atoms with Crippen molar-refractivity contribution >= 4 is 35.2 Å². The maximum atomic E-state index is 11.9. The van der Waals surface area contributed by atoms with Crippen LogP contribution < -0.4 is 15.8 Å². The number of carbonyl (C=O) groups excluding carboxylic acids is 1. The Labute approximate surface area is 173 Å². The van der Waals surface area contributed by atoms with Crippen LogP contribution in [-0.4, -0.2) is 27.5 Å². The van der Waals surface area contributed by atoms with E-state index in [2.05, 4.69) is 27.2 Å². The summed E-state index contributed by atoms with van der Waals surface area (Å²) in [5, 5.41) is 3.71. The van der Waals surface area contributed by atoms with Gasteiger partial charge in [-0.2, -0.15) is 15.0 Å². The molecule has 0 fully saturated rings. The molecule has 3 rings (SSSR count). The number of para-hydroxylation sites is 1. The highest BCUT2D eigenvalue weighted by Gasteiger charge is 2.10. The number of ether oxygens (including phenoxy) is 2. The van der Waals surface area contributed by atoms with E-state index in [1.165, 1.54) is 0 Å². The van der Waals surface area contributed by atoms with Crippen LogP contribution in [0.3, 0.4) is 0 Å². The number of esters is 1. The quantitative estimate of drug-likeness (QED) is 0.539. The molecule has 0 amide bonds. The second-order valence-corrected chi connectivity index (χ2v) is 6.41. The topological polar surface area (TPSA) is 112 Å². The van der Waals surface area contributed by atoms with Gasteiger partial charge in [0, 0.05) is 10.7 Å². The van der Waals surface area contributed by atoms with Crippen LogP contribution in [0.15, 0.2) is 48.5 Å². The number of halogens is 1. The van der Waals surface area contributed by atoms with Crippen LogP contribution in [-0.2, 0) is 22.6 Å². The first kappa shape index (κ1) is 20.3. The molecule has 0 spiro atoms. The summed E-state index contributed by atoms with van der Waals surface area (Å²) in [5.41, 5.74) is 7.74. The largest absolute Gasteiger partial charge is 0.482 e. The molecule has 0 aliphatic rings. The van der Waals surface area contributed by atoms with Crippen LogP contribution in [0, 0.1) is 0 Å². The van der Waals surface area contributed by atoms with E-state index in [0.717, 1.165) is 17.7 Å². The number of nitrogens with two attached hydrogens (primary N) is 1. The van der Waals surface area contributed by atoms with Gasteiger partial charge in [0.15, 0.2) is 19.0 Å². The van der Waals surface area contributed by atoms with Crippen molar-refractivity contribution in [2.45, 2.75) is 20.0 Å². The van der Waals surface area contributed by atoms with Crippen LogP contribution in [0.4, 0.5) is 17.6 Å². The third kappa shape index (κ3) is 6.05. The molecule has 0 aliphatic carbocycles. The van der Waals surface area contributed by atoms with Crippen molar-refractivity contribution in [3.8, 4) is 5.75 Å². The first-order chi connectivity index (χ1) is 14.0. The number of aromatic nitrogens is 3. The lowest BCUT2D eigenvalue weighted by Gasteiger charge is -2.11. The first-order valence-corrected chi connectivity index (χ1v) is 9.30. The number of carbonyl (C=O) groups is 1. The van der Waals surface area contributed by atoms with Gasteiger partial charge in [-0.05, 0) is 42.3 Å². The molecule has 0 aliphatic heterocycles. The van der Waals surface area contributed by atoms with E-state index in [4.69, 9.17) is 26.8 Å². The van der Waals surface area contributed by atoms with E-state index < -0.39 is 5.97 Å². The average molecular weight is 414 g/mol. The van der Waals surface area contributed by atoms with Crippen molar-refractivity contribution in [1.82, 2.24) is 15.0 Å². The lowest BCUT2D eigenvalue weighted by Crippen LogP contribution is -2.16. The van der Waals surface area contributed by atoms with Gasteiger partial charge in [0.1, 0.15) is 5.75 Å². The predicted octanol–water partition coefficient (Wildman–Crippen LogP) is 3.54. The molecule has 3 N–H and O–H groups in total. The van der Waals surface area contributed by atoms with E-state index in [-0.39, 0.29) is 30.9 Å². The molecular weight excluding hydrogens is 394 g/mol. The summed E-state index contributed by atoms with van der Waals surface area (Å²) in [6, 6.07) is 14.5. The number of aryl methyl sites for hydroxylation is 1. The van der Waals surface area contributed by atoms with Crippen molar-refractivity contribution in [1.29, 1.82) is 0 Å². The molecular formula is C20H20ClN5O3. The molecule has 0 bridgehead atoms. The Morgan fingerprint density at radius 2 is 1.86 bits per heavy atom. The van der Waals surface area contributed by atoms with E-state index in [9.17, 15) is 4.79 Å². The molecule has 1 aromatic heterocycles. The van der Waals surface area contributed by atoms with Gasteiger partial charge in [0.05, 0.1) is 0 Å². The average Bonchev–Trinajstić information content (AvgIpc) is 2.72. The monoisotopic (exact) mass is 413 g/mol. The number of nitrogens with one attached hydrogen (secondary N) is 1. The maximum Gasteiger partial charge on any atom is 0.344 e. The summed E-state index contributed by atoms with van der Waals surface area (Å²) in [7, 11) is 0. The third-order valence-corrected chi connectivity index (χ3v) is 4.13. The molecule has 0 atom stereocenters.